The Hall–Kier alpha value is -1.99. The third kappa shape index (κ3) is 3.37. The van der Waals surface area contributed by atoms with E-state index in [9.17, 15) is 8.42 Å². The molecule has 1 fully saturated rings. The second-order valence-corrected chi connectivity index (χ2v) is 6.68. The third-order valence-electron chi connectivity index (χ3n) is 3.41. The van der Waals surface area contributed by atoms with E-state index in [1.165, 1.54) is 0 Å². The number of sulfonamides is 1. The summed E-state index contributed by atoms with van der Waals surface area (Å²) in [5.74, 6) is 0.473. The summed E-state index contributed by atoms with van der Waals surface area (Å²) in [6, 6.07) is 8.37. The molecule has 0 aliphatic heterocycles. The zero-order chi connectivity index (χ0) is 14.7. The topological polar surface area (TPSA) is 84.0 Å². The normalized spacial score (nSPS) is 15.4. The molecule has 2 aromatic rings. The fourth-order valence-corrected chi connectivity index (χ4v) is 3.33. The van der Waals surface area contributed by atoms with E-state index in [2.05, 4.69) is 20.0 Å². The number of anilines is 2. The number of benzene rings is 1. The molecule has 1 aromatic carbocycles. The number of rotatable bonds is 5. The molecule has 1 aromatic heterocycles. The monoisotopic (exact) mass is 304 g/mol. The minimum absolute atomic E-state index is 0.0884. The van der Waals surface area contributed by atoms with Crippen molar-refractivity contribution in [3.63, 3.8) is 0 Å². The smallest absolute Gasteiger partial charge is 0.240 e. The van der Waals surface area contributed by atoms with E-state index in [1.54, 1.807) is 42.7 Å². The summed E-state index contributed by atoms with van der Waals surface area (Å²) in [7, 11) is -3.42. The Labute approximate surface area is 123 Å². The van der Waals surface area contributed by atoms with E-state index >= 15 is 0 Å². The van der Waals surface area contributed by atoms with Gasteiger partial charge in [0.1, 0.15) is 0 Å². The molecule has 0 radical (unpaired) electrons. The summed E-state index contributed by atoms with van der Waals surface area (Å²) in [5, 5.41) is 3.01. The van der Waals surface area contributed by atoms with Gasteiger partial charge in [-0.15, -0.1) is 0 Å². The lowest BCUT2D eigenvalue weighted by molar-refractivity contribution is 0.383. The van der Waals surface area contributed by atoms with E-state index in [0.717, 1.165) is 24.9 Å². The maximum Gasteiger partial charge on any atom is 0.240 e. The molecular formula is C14H16N4O2S. The second kappa shape index (κ2) is 5.79. The Bertz CT molecular complexity index is 698. The Morgan fingerprint density at radius 3 is 2.29 bits per heavy atom. The van der Waals surface area contributed by atoms with Crippen LogP contribution in [-0.4, -0.2) is 24.4 Å². The van der Waals surface area contributed by atoms with Crippen molar-refractivity contribution >= 4 is 21.7 Å². The third-order valence-corrected chi connectivity index (χ3v) is 4.95. The van der Waals surface area contributed by atoms with Crippen molar-refractivity contribution in [3.8, 4) is 0 Å². The summed E-state index contributed by atoms with van der Waals surface area (Å²) in [5.41, 5.74) is 0.740. The molecule has 21 heavy (non-hydrogen) atoms. The van der Waals surface area contributed by atoms with Gasteiger partial charge in [-0.3, -0.25) is 0 Å². The number of hydrogen-bond acceptors (Lipinski definition) is 5. The number of aromatic nitrogens is 2. The van der Waals surface area contributed by atoms with E-state index in [0.29, 0.717) is 5.95 Å². The molecular weight excluding hydrogens is 288 g/mol. The fraction of sp³-hybridized carbons (Fsp3) is 0.286. The zero-order valence-corrected chi connectivity index (χ0v) is 12.2. The highest BCUT2D eigenvalue weighted by Crippen LogP contribution is 2.22. The van der Waals surface area contributed by atoms with Crippen molar-refractivity contribution in [2.75, 3.05) is 5.32 Å². The summed E-state index contributed by atoms with van der Waals surface area (Å²) < 4.78 is 27.0. The van der Waals surface area contributed by atoms with Crippen LogP contribution in [0.15, 0.2) is 47.6 Å². The van der Waals surface area contributed by atoms with E-state index < -0.39 is 10.0 Å². The van der Waals surface area contributed by atoms with Crippen molar-refractivity contribution < 1.29 is 8.42 Å². The van der Waals surface area contributed by atoms with Crippen molar-refractivity contribution in [1.82, 2.24) is 14.7 Å². The molecule has 110 valence electrons. The fourth-order valence-electron chi connectivity index (χ4n) is 2.02. The largest absolute Gasteiger partial charge is 0.324 e. The summed E-state index contributed by atoms with van der Waals surface area (Å²) >= 11 is 0. The van der Waals surface area contributed by atoms with Gasteiger partial charge in [-0.2, -0.15) is 0 Å². The summed E-state index contributed by atoms with van der Waals surface area (Å²) in [6.45, 7) is 0. The number of nitrogens with zero attached hydrogens (tertiary/aromatic N) is 2. The zero-order valence-electron chi connectivity index (χ0n) is 11.4. The maximum absolute atomic E-state index is 12.1. The van der Waals surface area contributed by atoms with Crippen LogP contribution in [0, 0.1) is 0 Å². The van der Waals surface area contributed by atoms with Gasteiger partial charge in [-0.05, 0) is 43.2 Å². The molecule has 0 atom stereocenters. The highest BCUT2D eigenvalue weighted by molar-refractivity contribution is 7.89. The predicted molar refractivity (Wildman–Crippen MR) is 79.7 cm³/mol. The molecule has 6 nitrogen and oxygen atoms in total. The number of hydrogen-bond donors (Lipinski definition) is 2. The van der Waals surface area contributed by atoms with Crippen LogP contribution in [-0.2, 0) is 10.0 Å². The van der Waals surface area contributed by atoms with Gasteiger partial charge >= 0.3 is 0 Å². The van der Waals surface area contributed by atoms with Crippen LogP contribution in [0.3, 0.4) is 0 Å². The lowest BCUT2D eigenvalue weighted by atomic mass is 9.94. The summed E-state index contributed by atoms with van der Waals surface area (Å²) in [4.78, 5) is 8.37. The van der Waals surface area contributed by atoms with Crippen molar-refractivity contribution in [1.29, 1.82) is 0 Å². The second-order valence-electron chi connectivity index (χ2n) is 4.97. The van der Waals surface area contributed by atoms with Crippen LogP contribution in [0.4, 0.5) is 11.6 Å². The Kier molecular flexibility index (Phi) is 3.85. The molecule has 7 heteroatoms. The lowest BCUT2D eigenvalue weighted by Crippen LogP contribution is -2.39. The Morgan fingerprint density at radius 1 is 1.05 bits per heavy atom. The first kappa shape index (κ1) is 14.0. The first-order valence-electron chi connectivity index (χ1n) is 6.80. The van der Waals surface area contributed by atoms with Crippen LogP contribution in [0.1, 0.15) is 19.3 Å². The van der Waals surface area contributed by atoms with Gasteiger partial charge in [-0.1, -0.05) is 6.42 Å². The van der Waals surface area contributed by atoms with Crippen LogP contribution in [0.2, 0.25) is 0 Å². The van der Waals surface area contributed by atoms with E-state index in [-0.39, 0.29) is 10.9 Å². The average Bonchev–Trinajstić information content (AvgIpc) is 2.45. The number of nitrogens with one attached hydrogen (secondary N) is 2. The predicted octanol–water partition coefficient (Wildman–Crippen LogP) is 2.05. The first-order chi connectivity index (χ1) is 10.1. The molecule has 1 saturated carbocycles. The molecule has 0 saturated heterocycles. The van der Waals surface area contributed by atoms with E-state index in [1.807, 2.05) is 0 Å². The molecule has 1 aliphatic rings. The Morgan fingerprint density at radius 2 is 1.71 bits per heavy atom. The van der Waals surface area contributed by atoms with Crippen LogP contribution >= 0.6 is 0 Å². The Balaban J connectivity index is 1.71. The van der Waals surface area contributed by atoms with Crippen molar-refractivity contribution in [2.24, 2.45) is 0 Å². The van der Waals surface area contributed by atoms with Gasteiger partial charge in [0.15, 0.2) is 0 Å². The lowest BCUT2D eigenvalue weighted by Gasteiger charge is -2.26. The van der Waals surface area contributed by atoms with Gasteiger partial charge in [-0.25, -0.2) is 23.1 Å². The van der Waals surface area contributed by atoms with Gasteiger partial charge in [0.05, 0.1) is 4.90 Å². The van der Waals surface area contributed by atoms with Crippen molar-refractivity contribution in [2.45, 2.75) is 30.2 Å². The van der Waals surface area contributed by atoms with Crippen LogP contribution in [0.5, 0.6) is 0 Å². The standard InChI is InChI=1S/C14H16N4O2S/c19-21(20,18-12-3-1-4-12)13-7-5-11(6-8-13)17-14-15-9-2-10-16-14/h2,5-10,12,18H,1,3-4H2,(H,15,16,17). The average molecular weight is 304 g/mol. The molecule has 0 bridgehead atoms. The van der Waals surface area contributed by atoms with Crippen molar-refractivity contribution in [3.05, 3.63) is 42.7 Å². The summed E-state index contributed by atoms with van der Waals surface area (Å²) in [6.07, 6.45) is 6.20. The molecule has 0 spiro atoms. The molecule has 2 N–H and O–H groups in total. The van der Waals surface area contributed by atoms with Crippen LogP contribution < -0.4 is 10.0 Å². The quantitative estimate of drug-likeness (QED) is 0.883. The molecule has 0 unspecified atom stereocenters. The minimum atomic E-state index is -3.42. The first-order valence-corrected chi connectivity index (χ1v) is 8.28. The maximum atomic E-state index is 12.1. The van der Waals surface area contributed by atoms with Gasteiger partial charge in [0.25, 0.3) is 0 Å². The molecule has 0 amide bonds. The highest BCUT2D eigenvalue weighted by atomic mass is 32.2. The van der Waals surface area contributed by atoms with E-state index in [4.69, 9.17) is 0 Å². The highest BCUT2D eigenvalue weighted by Gasteiger charge is 2.24. The SMILES string of the molecule is O=S(=O)(NC1CCC1)c1ccc(Nc2ncccn2)cc1. The minimum Gasteiger partial charge on any atom is -0.324 e. The molecule has 3 rings (SSSR count). The van der Waals surface area contributed by atoms with Gasteiger partial charge in [0, 0.05) is 24.1 Å². The molecule has 1 aliphatic carbocycles. The van der Waals surface area contributed by atoms with Gasteiger partial charge < -0.3 is 5.32 Å². The molecule has 1 heterocycles. The van der Waals surface area contributed by atoms with Crippen LogP contribution in [0.25, 0.3) is 0 Å². The van der Waals surface area contributed by atoms with Gasteiger partial charge in [0.2, 0.25) is 16.0 Å².